The molecule has 0 aromatic rings. The van der Waals surface area contributed by atoms with Gasteiger partial charge < -0.3 is 5.11 Å². The van der Waals surface area contributed by atoms with Gasteiger partial charge >= 0.3 is 0 Å². The van der Waals surface area contributed by atoms with Gasteiger partial charge in [-0.15, -0.1) is 0 Å². The monoisotopic (exact) mass is 346 g/mol. The summed E-state index contributed by atoms with van der Waals surface area (Å²) in [4.78, 5) is 37.5. The van der Waals surface area contributed by atoms with Crippen molar-refractivity contribution in [3.63, 3.8) is 0 Å². The lowest BCUT2D eigenvalue weighted by atomic mass is 9.44. The number of hydrogen-bond acceptors (Lipinski definition) is 4. The van der Waals surface area contributed by atoms with E-state index in [4.69, 9.17) is 0 Å². The molecule has 138 valence electrons. The highest BCUT2D eigenvalue weighted by Gasteiger charge is 2.63. The molecular weight excluding hydrogens is 316 g/mol. The van der Waals surface area contributed by atoms with Crippen LogP contribution in [-0.4, -0.2) is 29.1 Å². The minimum atomic E-state index is -0.406. The van der Waals surface area contributed by atoms with Crippen LogP contribution in [0.1, 0.15) is 65.2 Å². The number of Topliss-reactive ketones (excluding diaryl/α,β-unsaturated/α-hetero) is 3. The second-order valence-electron chi connectivity index (χ2n) is 9.67. The van der Waals surface area contributed by atoms with Crippen LogP contribution in [0.3, 0.4) is 0 Å². The normalized spacial score (nSPS) is 49.3. The fourth-order valence-electron chi connectivity index (χ4n) is 7.50. The average molecular weight is 346 g/mol. The fraction of sp³-hybridized carbons (Fsp3) is 0.857. The molecule has 0 amide bonds. The molecule has 25 heavy (non-hydrogen) atoms. The van der Waals surface area contributed by atoms with Crippen molar-refractivity contribution in [1.29, 1.82) is 0 Å². The van der Waals surface area contributed by atoms with E-state index in [0.717, 1.165) is 32.1 Å². The summed E-state index contributed by atoms with van der Waals surface area (Å²) in [6.07, 6.45) is 6.48. The first-order valence-electron chi connectivity index (χ1n) is 9.99. The number of aliphatic hydroxyl groups excluding tert-OH is 1. The Morgan fingerprint density at radius 1 is 1.12 bits per heavy atom. The smallest absolute Gasteiger partial charge is 0.161 e. The van der Waals surface area contributed by atoms with E-state index in [-0.39, 0.29) is 28.4 Å². The third-order valence-electron chi connectivity index (χ3n) is 8.71. The van der Waals surface area contributed by atoms with Crippen molar-refractivity contribution in [3.05, 3.63) is 0 Å². The zero-order chi connectivity index (χ0) is 18.0. The van der Waals surface area contributed by atoms with Crippen LogP contribution in [0.2, 0.25) is 0 Å². The van der Waals surface area contributed by atoms with Crippen LogP contribution in [0.5, 0.6) is 0 Å². The maximum atomic E-state index is 13.3. The van der Waals surface area contributed by atoms with Crippen LogP contribution in [0.4, 0.5) is 0 Å². The third kappa shape index (κ3) is 2.32. The zero-order valence-electron chi connectivity index (χ0n) is 15.4. The summed E-state index contributed by atoms with van der Waals surface area (Å²) < 4.78 is 0. The average Bonchev–Trinajstić information content (AvgIpc) is 2.91. The van der Waals surface area contributed by atoms with Gasteiger partial charge in [-0.05, 0) is 60.7 Å². The molecule has 2 unspecified atom stereocenters. The Morgan fingerprint density at radius 3 is 2.60 bits per heavy atom. The van der Waals surface area contributed by atoms with Crippen molar-refractivity contribution >= 4 is 17.3 Å². The van der Waals surface area contributed by atoms with Crippen molar-refractivity contribution in [2.24, 2.45) is 40.4 Å². The summed E-state index contributed by atoms with van der Waals surface area (Å²) in [7, 11) is 0. The van der Waals surface area contributed by atoms with E-state index in [1.807, 2.05) is 0 Å². The van der Waals surface area contributed by atoms with Crippen LogP contribution in [0.15, 0.2) is 0 Å². The zero-order valence-corrected chi connectivity index (χ0v) is 15.4. The van der Waals surface area contributed by atoms with Crippen molar-refractivity contribution in [2.45, 2.75) is 65.2 Å². The summed E-state index contributed by atoms with van der Waals surface area (Å²) in [5.41, 5.74) is -0.305. The number of carbonyl (C=O) groups excluding carboxylic acids is 3. The van der Waals surface area contributed by atoms with Gasteiger partial charge in [-0.25, -0.2) is 0 Å². The summed E-state index contributed by atoms with van der Waals surface area (Å²) in [5.74, 6) is 1.64. The van der Waals surface area contributed by atoms with E-state index < -0.39 is 6.61 Å². The summed E-state index contributed by atoms with van der Waals surface area (Å²) in [5, 5.41) is 9.35. The number of fused-ring (bicyclic) bond motifs is 5. The van der Waals surface area contributed by atoms with Gasteiger partial charge in [0.1, 0.15) is 18.2 Å². The molecule has 0 bridgehead atoms. The molecule has 0 aromatic carbocycles. The quantitative estimate of drug-likeness (QED) is 0.834. The van der Waals surface area contributed by atoms with E-state index in [1.54, 1.807) is 0 Å². The van der Waals surface area contributed by atoms with Crippen LogP contribution < -0.4 is 0 Å². The summed E-state index contributed by atoms with van der Waals surface area (Å²) in [6.45, 7) is 3.97. The summed E-state index contributed by atoms with van der Waals surface area (Å²) >= 11 is 0. The molecule has 4 fully saturated rings. The maximum absolute atomic E-state index is 13.3. The van der Waals surface area contributed by atoms with Crippen LogP contribution in [-0.2, 0) is 14.4 Å². The fourth-order valence-corrected chi connectivity index (χ4v) is 7.50. The molecule has 4 nitrogen and oxygen atoms in total. The van der Waals surface area contributed by atoms with Gasteiger partial charge in [-0.3, -0.25) is 14.4 Å². The van der Waals surface area contributed by atoms with Crippen LogP contribution in [0, 0.1) is 40.4 Å². The van der Waals surface area contributed by atoms with Gasteiger partial charge in [-0.1, -0.05) is 13.8 Å². The topological polar surface area (TPSA) is 71.4 Å². The van der Waals surface area contributed by atoms with Crippen LogP contribution >= 0.6 is 0 Å². The molecule has 1 N–H and O–H groups in total. The van der Waals surface area contributed by atoms with Gasteiger partial charge in [0.15, 0.2) is 5.78 Å². The molecule has 4 saturated carbocycles. The molecule has 4 heteroatoms. The lowest BCUT2D eigenvalue weighted by Crippen LogP contribution is -2.57. The molecule has 0 heterocycles. The van der Waals surface area contributed by atoms with E-state index in [1.165, 1.54) is 0 Å². The maximum Gasteiger partial charge on any atom is 0.161 e. The van der Waals surface area contributed by atoms with Gasteiger partial charge in [0.25, 0.3) is 0 Å². The highest BCUT2D eigenvalue weighted by molar-refractivity contribution is 5.88. The SMILES string of the molecule is C[C@]12CCC(=O)CC1CC[C@@H]1[C@@H]2C(=O)C[C@]2(C)C(C(=O)CO)CC[C@@H]12. The first-order valence-corrected chi connectivity index (χ1v) is 9.99. The number of carbonyl (C=O) groups is 3. The Kier molecular flexibility index (Phi) is 3.99. The van der Waals surface area contributed by atoms with E-state index in [9.17, 15) is 19.5 Å². The van der Waals surface area contributed by atoms with Crippen molar-refractivity contribution in [3.8, 4) is 0 Å². The standard InChI is InChI=1S/C21H30O4/c1-20-8-7-13(23)9-12(20)3-4-14-15-5-6-16(18(25)11-22)21(15,2)10-17(24)19(14)20/h12,14-16,19,22H,3-11H2,1-2H3/t12?,14-,15-,16?,19+,20-,21-/m0/s1. The lowest BCUT2D eigenvalue weighted by Gasteiger charge is -2.59. The lowest BCUT2D eigenvalue weighted by molar-refractivity contribution is -0.161. The molecule has 4 aliphatic rings. The van der Waals surface area contributed by atoms with Gasteiger partial charge in [0.05, 0.1) is 0 Å². The molecule has 4 rings (SSSR count). The van der Waals surface area contributed by atoms with Gasteiger partial charge in [0.2, 0.25) is 0 Å². The van der Waals surface area contributed by atoms with Gasteiger partial charge in [0, 0.05) is 31.1 Å². The Morgan fingerprint density at radius 2 is 1.88 bits per heavy atom. The first-order chi connectivity index (χ1) is 11.8. The van der Waals surface area contributed by atoms with E-state index in [0.29, 0.717) is 48.6 Å². The van der Waals surface area contributed by atoms with Crippen molar-refractivity contribution in [1.82, 2.24) is 0 Å². The number of rotatable bonds is 2. The van der Waals surface area contributed by atoms with E-state index in [2.05, 4.69) is 13.8 Å². The Bertz CT molecular complexity index is 625. The van der Waals surface area contributed by atoms with Crippen molar-refractivity contribution < 1.29 is 19.5 Å². The Hall–Kier alpha value is -1.03. The molecule has 0 aliphatic heterocycles. The van der Waals surface area contributed by atoms with E-state index >= 15 is 0 Å². The first kappa shape index (κ1) is 17.4. The predicted molar refractivity (Wildman–Crippen MR) is 92.7 cm³/mol. The number of aliphatic hydroxyl groups is 1. The second kappa shape index (κ2) is 5.73. The number of hydrogen-bond donors (Lipinski definition) is 1. The van der Waals surface area contributed by atoms with Crippen LogP contribution in [0.25, 0.3) is 0 Å². The second-order valence-corrected chi connectivity index (χ2v) is 9.67. The minimum absolute atomic E-state index is 0.0334. The predicted octanol–water partition coefficient (Wildman–Crippen LogP) is 2.95. The molecule has 0 saturated heterocycles. The third-order valence-corrected chi connectivity index (χ3v) is 8.71. The molecule has 0 aromatic heterocycles. The highest BCUT2D eigenvalue weighted by Crippen LogP contribution is 2.66. The molecule has 0 spiro atoms. The Labute approximate surface area is 149 Å². The Balaban J connectivity index is 1.67. The number of ketones is 3. The molecular formula is C21H30O4. The highest BCUT2D eigenvalue weighted by atomic mass is 16.3. The largest absolute Gasteiger partial charge is 0.389 e. The van der Waals surface area contributed by atoms with Gasteiger partial charge in [-0.2, -0.15) is 0 Å². The molecule has 7 atom stereocenters. The molecule has 4 aliphatic carbocycles. The summed E-state index contributed by atoms with van der Waals surface area (Å²) in [6, 6.07) is 0. The van der Waals surface area contributed by atoms with Crippen molar-refractivity contribution in [2.75, 3.05) is 6.61 Å². The minimum Gasteiger partial charge on any atom is -0.389 e. The molecule has 0 radical (unpaired) electrons.